The standard InChI is InChI=1S/C21H20F2N2O3S/c22-15-5-3-14(4-6-15)21-17(18-11-16(23)7-9-19(18)24-21)8-10-20(26)25-29(27,28)12-13-1-2-13/h3-7,9,11,13,24H,1-2,8,10,12H2,(H,25,26). The van der Waals surface area contributed by atoms with Crippen LogP contribution in [-0.2, 0) is 21.2 Å². The fraction of sp³-hybridized carbons (Fsp3) is 0.286. The molecule has 4 rings (SSSR count). The van der Waals surface area contributed by atoms with Crippen LogP contribution in [0.25, 0.3) is 22.2 Å². The summed E-state index contributed by atoms with van der Waals surface area (Å²) >= 11 is 0. The van der Waals surface area contributed by atoms with E-state index >= 15 is 0 Å². The molecule has 1 amide bonds. The molecule has 2 N–H and O–H groups in total. The molecular weight excluding hydrogens is 398 g/mol. The summed E-state index contributed by atoms with van der Waals surface area (Å²) in [5.74, 6) is -1.28. The molecule has 8 heteroatoms. The monoisotopic (exact) mass is 418 g/mol. The molecule has 5 nitrogen and oxygen atoms in total. The maximum atomic E-state index is 13.8. The van der Waals surface area contributed by atoms with Gasteiger partial charge in [-0.25, -0.2) is 17.2 Å². The number of aromatic nitrogens is 1. The molecule has 1 aliphatic rings. The van der Waals surface area contributed by atoms with Crippen molar-refractivity contribution >= 4 is 26.8 Å². The van der Waals surface area contributed by atoms with Gasteiger partial charge in [-0.3, -0.25) is 9.52 Å². The van der Waals surface area contributed by atoms with Crippen molar-refractivity contribution in [3.05, 3.63) is 59.7 Å². The fourth-order valence-corrected chi connectivity index (χ4v) is 4.93. The number of rotatable bonds is 7. The van der Waals surface area contributed by atoms with E-state index in [1.54, 1.807) is 18.2 Å². The summed E-state index contributed by atoms with van der Waals surface area (Å²) in [5, 5.41) is 0.609. The first-order valence-corrected chi connectivity index (χ1v) is 11.1. The number of amides is 1. The van der Waals surface area contributed by atoms with E-state index in [1.165, 1.54) is 24.3 Å². The largest absolute Gasteiger partial charge is 0.354 e. The molecule has 0 radical (unpaired) electrons. The molecule has 0 atom stereocenters. The van der Waals surface area contributed by atoms with Crippen molar-refractivity contribution in [2.45, 2.75) is 25.7 Å². The lowest BCUT2D eigenvalue weighted by atomic mass is 10.0. The first-order valence-electron chi connectivity index (χ1n) is 9.40. The third-order valence-electron chi connectivity index (χ3n) is 5.02. The molecule has 3 aromatic rings. The molecule has 1 fully saturated rings. The average molecular weight is 418 g/mol. The molecule has 152 valence electrons. The number of hydrogen-bond acceptors (Lipinski definition) is 3. The third kappa shape index (κ3) is 4.64. The Labute approximate surface area is 167 Å². The van der Waals surface area contributed by atoms with Crippen LogP contribution in [0, 0.1) is 17.6 Å². The highest BCUT2D eigenvalue weighted by atomic mass is 32.2. The molecule has 0 saturated heterocycles. The summed E-state index contributed by atoms with van der Waals surface area (Å²) in [5.41, 5.74) is 2.71. The molecule has 29 heavy (non-hydrogen) atoms. The number of halogens is 2. The van der Waals surface area contributed by atoms with Crippen molar-refractivity contribution in [3.8, 4) is 11.3 Å². The van der Waals surface area contributed by atoms with Gasteiger partial charge in [0.15, 0.2) is 0 Å². The quantitative estimate of drug-likeness (QED) is 0.611. The average Bonchev–Trinajstić information content (AvgIpc) is 3.38. The Balaban J connectivity index is 1.59. The van der Waals surface area contributed by atoms with Gasteiger partial charge in [0.2, 0.25) is 15.9 Å². The molecule has 0 spiro atoms. The predicted octanol–water partition coefficient (Wildman–Crippen LogP) is 3.90. The van der Waals surface area contributed by atoms with Gasteiger partial charge in [-0.1, -0.05) is 0 Å². The van der Waals surface area contributed by atoms with Gasteiger partial charge in [-0.15, -0.1) is 0 Å². The highest BCUT2D eigenvalue weighted by molar-refractivity contribution is 7.90. The molecule has 1 aliphatic carbocycles. The number of hydrogen-bond donors (Lipinski definition) is 2. The Hall–Kier alpha value is -2.74. The molecule has 2 aromatic carbocycles. The van der Waals surface area contributed by atoms with E-state index < -0.39 is 21.7 Å². The smallest absolute Gasteiger partial charge is 0.235 e. The summed E-state index contributed by atoms with van der Waals surface area (Å²) in [6, 6.07) is 10.1. The van der Waals surface area contributed by atoms with Gasteiger partial charge in [0.1, 0.15) is 11.6 Å². The first kappa shape index (κ1) is 19.6. The van der Waals surface area contributed by atoms with E-state index in [2.05, 4.69) is 9.71 Å². The van der Waals surface area contributed by atoms with Gasteiger partial charge in [0.05, 0.1) is 5.75 Å². The zero-order valence-electron chi connectivity index (χ0n) is 15.5. The summed E-state index contributed by atoms with van der Waals surface area (Å²) in [6.45, 7) is 0. The van der Waals surface area contributed by atoms with Gasteiger partial charge < -0.3 is 4.98 Å². The van der Waals surface area contributed by atoms with Crippen molar-refractivity contribution in [1.29, 1.82) is 0 Å². The van der Waals surface area contributed by atoms with Gasteiger partial charge in [0, 0.05) is 23.0 Å². The van der Waals surface area contributed by atoms with Crippen molar-refractivity contribution < 1.29 is 22.0 Å². The van der Waals surface area contributed by atoms with Crippen LogP contribution in [-0.4, -0.2) is 25.1 Å². The Bertz CT molecular complexity index is 1170. The van der Waals surface area contributed by atoms with Crippen molar-refractivity contribution in [2.24, 2.45) is 5.92 Å². The highest BCUT2D eigenvalue weighted by Gasteiger charge is 2.29. The maximum absolute atomic E-state index is 13.8. The normalized spacial score (nSPS) is 14.3. The first-order chi connectivity index (χ1) is 13.8. The summed E-state index contributed by atoms with van der Waals surface area (Å²) in [6.07, 6.45) is 1.89. The second kappa shape index (κ2) is 7.59. The number of aryl methyl sites for hydroxylation is 1. The third-order valence-corrected chi connectivity index (χ3v) is 6.47. The number of sulfonamides is 1. The van der Waals surface area contributed by atoms with E-state index in [1.807, 2.05) is 0 Å². The zero-order chi connectivity index (χ0) is 20.6. The van der Waals surface area contributed by atoms with Crippen LogP contribution in [0.1, 0.15) is 24.8 Å². The van der Waals surface area contributed by atoms with E-state index in [4.69, 9.17) is 0 Å². The number of nitrogens with one attached hydrogen (secondary N) is 2. The molecule has 1 aromatic heterocycles. The number of H-pyrrole nitrogens is 1. The van der Waals surface area contributed by atoms with Crippen LogP contribution in [0.3, 0.4) is 0 Å². The molecule has 1 heterocycles. The second-order valence-electron chi connectivity index (χ2n) is 7.43. The van der Waals surface area contributed by atoms with Crippen LogP contribution in [0.15, 0.2) is 42.5 Å². The highest BCUT2D eigenvalue weighted by Crippen LogP contribution is 2.32. The lowest BCUT2D eigenvalue weighted by Gasteiger charge is -2.08. The summed E-state index contributed by atoms with van der Waals surface area (Å²) in [7, 11) is -3.63. The maximum Gasteiger partial charge on any atom is 0.235 e. The SMILES string of the molecule is O=C(CCc1c(-c2ccc(F)cc2)[nH]c2ccc(F)cc12)NS(=O)(=O)CC1CC1. The molecular formula is C21H20F2N2O3S. The van der Waals surface area contributed by atoms with E-state index in [0.717, 1.165) is 12.8 Å². The number of carbonyl (C=O) groups excluding carboxylic acids is 1. The fourth-order valence-electron chi connectivity index (χ4n) is 3.44. The van der Waals surface area contributed by atoms with Crippen LogP contribution in [0.5, 0.6) is 0 Å². The molecule has 0 aliphatic heterocycles. The number of benzene rings is 2. The molecule has 1 saturated carbocycles. The number of carbonyl (C=O) groups is 1. The van der Waals surface area contributed by atoms with Crippen LogP contribution in [0.4, 0.5) is 8.78 Å². The minimum Gasteiger partial charge on any atom is -0.354 e. The van der Waals surface area contributed by atoms with Crippen molar-refractivity contribution in [3.63, 3.8) is 0 Å². The minimum atomic E-state index is -3.63. The van der Waals surface area contributed by atoms with Crippen LogP contribution in [0.2, 0.25) is 0 Å². The minimum absolute atomic E-state index is 0.0299. The zero-order valence-corrected chi connectivity index (χ0v) is 16.4. The summed E-state index contributed by atoms with van der Waals surface area (Å²) in [4.78, 5) is 15.4. The topological polar surface area (TPSA) is 79.0 Å². The van der Waals surface area contributed by atoms with Gasteiger partial charge in [-0.2, -0.15) is 0 Å². The molecule has 0 bridgehead atoms. The van der Waals surface area contributed by atoms with Crippen molar-refractivity contribution in [2.75, 3.05) is 5.75 Å². The lowest BCUT2D eigenvalue weighted by molar-refractivity contribution is -0.119. The lowest BCUT2D eigenvalue weighted by Crippen LogP contribution is -2.33. The number of fused-ring (bicyclic) bond motifs is 1. The van der Waals surface area contributed by atoms with Gasteiger partial charge >= 0.3 is 0 Å². The second-order valence-corrected chi connectivity index (χ2v) is 9.19. The molecule has 0 unspecified atom stereocenters. The number of aromatic amines is 1. The summed E-state index contributed by atoms with van der Waals surface area (Å²) < 4.78 is 53.2. The van der Waals surface area contributed by atoms with Crippen LogP contribution >= 0.6 is 0 Å². The van der Waals surface area contributed by atoms with Gasteiger partial charge in [-0.05, 0) is 78.8 Å². The van der Waals surface area contributed by atoms with Crippen molar-refractivity contribution in [1.82, 2.24) is 9.71 Å². The van der Waals surface area contributed by atoms with E-state index in [0.29, 0.717) is 27.7 Å². The Morgan fingerprint density at radius 1 is 1.07 bits per heavy atom. The Morgan fingerprint density at radius 2 is 1.76 bits per heavy atom. The van der Waals surface area contributed by atoms with E-state index in [-0.39, 0.29) is 30.3 Å². The van der Waals surface area contributed by atoms with Gasteiger partial charge in [0.25, 0.3) is 0 Å². The Kier molecular flexibility index (Phi) is 5.12. The Morgan fingerprint density at radius 3 is 2.45 bits per heavy atom. The van der Waals surface area contributed by atoms with Crippen LogP contribution < -0.4 is 4.72 Å². The van der Waals surface area contributed by atoms with E-state index in [9.17, 15) is 22.0 Å². The predicted molar refractivity (Wildman–Crippen MR) is 107 cm³/mol.